The maximum Gasteiger partial charge on any atom is 0.300 e. The predicted octanol–water partition coefficient (Wildman–Crippen LogP) is 5.41. The Hall–Kier alpha value is -3.88. The van der Waals surface area contributed by atoms with Crippen LogP contribution in [-0.4, -0.2) is 44.2 Å². The molecule has 1 fully saturated rings. The zero-order valence-corrected chi connectivity index (χ0v) is 21.3. The van der Waals surface area contributed by atoms with Crippen LogP contribution in [-0.2, 0) is 9.59 Å². The van der Waals surface area contributed by atoms with Crippen molar-refractivity contribution in [2.24, 2.45) is 0 Å². The summed E-state index contributed by atoms with van der Waals surface area (Å²) in [6.45, 7) is 0.759. The van der Waals surface area contributed by atoms with E-state index >= 15 is 0 Å². The number of ketones is 1. The Labute approximate surface area is 222 Å². The smallest absolute Gasteiger partial charge is 0.300 e. The maximum absolute atomic E-state index is 13.5. The van der Waals surface area contributed by atoms with Crippen molar-refractivity contribution < 1.29 is 33.6 Å². The summed E-state index contributed by atoms with van der Waals surface area (Å²) in [6, 6.07) is 13.7. The minimum atomic E-state index is -1.03. The maximum atomic E-state index is 13.5. The number of halogens is 2. The molecule has 190 valence electrons. The van der Waals surface area contributed by atoms with Gasteiger partial charge < -0.3 is 24.1 Å². The van der Waals surface area contributed by atoms with Gasteiger partial charge in [0.05, 0.1) is 35.9 Å². The molecule has 5 rings (SSSR count). The molecule has 2 aliphatic rings. The van der Waals surface area contributed by atoms with E-state index in [-0.39, 0.29) is 26.9 Å². The summed E-state index contributed by atoms with van der Waals surface area (Å²) in [6.07, 6.45) is 0. The fraction of sp³-hybridized carbons (Fsp3) is 0.185. The number of carbonyl (C=O) groups excluding carboxylic acids is 2. The van der Waals surface area contributed by atoms with Crippen LogP contribution in [0.2, 0.25) is 10.0 Å². The SMILES string of the molecule is COc1ccccc1C1/C(=C(\O)c2cc(Cl)c(OC)c(Cl)c2)C(=O)C(=O)N1c1ccc2c(c1)OCCO2. The lowest BCUT2D eigenvalue weighted by Gasteiger charge is -2.28. The number of benzene rings is 3. The number of amides is 1. The fourth-order valence-electron chi connectivity index (χ4n) is 4.51. The number of carbonyl (C=O) groups is 2. The van der Waals surface area contributed by atoms with Crippen LogP contribution in [0.5, 0.6) is 23.0 Å². The van der Waals surface area contributed by atoms with Gasteiger partial charge in [-0.25, -0.2) is 0 Å². The molecular formula is C27H21Cl2NO7. The Morgan fingerprint density at radius 3 is 2.30 bits per heavy atom. The number of ether oxygens (including phenoxy) is 4. The number of para-hydroxylation sites is 1. The highest BCUT2D eigenvalue weighted by molar-refractivity contribution is 6.52. The number of hydrogen-bond donors (Lipinski definition) is 1. The normalized spacial score (nSPS) is 18.2. The molecule has 1 amide bonds. The Balaban J connectivity index is 1.74. The van der Waals surface area contributed by atoms with E-state index in [0.717, 1.165) is 0 Å². The van der Waals surface area contributed by atoms with E-state index in [1.807, 2.05) is 0 Å². The molecule has 3 aromatic rings. The van der Waals surface area contributed by atoms with E-state index in [4.69, 9.17) is 42.1 Å². The molecular weight excluding hydrogens is 521 g/mol. The molecule has 0 aliphatic carbocycles. The molecule has 1 saturated heterocycles. The van der Waals surface area contributed by atoms with Crippen LogP contribution < -0.4 is 23.8 Å². The van der Waals surface area contributed by atoms with Crippen molar-refractivity contribution in [2.75, 3.05) is 32.3 Å². The Morgan fingerprint density at radius 1 is 0.946 bits per heavy atom. The van der Waals surface area contributed by atoms with E-state index in [0.29, 0.717) is 41.7 Å². The first-order valence-electron chi connectivity index (χ1n) is 11.2. The van der Waals surface area contributed by atoms with Crippen molar-refractivity contribution >= 4 is 46.3 Å². The first-order chi connectivity index (χ1) is 17.8. The number of Topliss-reactive ketones (excluding diaryl/α,β-unsaturated/α-hetero) is 1. The van der Waals surface area contributed by atoms with Crippen LogP contribution in [0.3, 0.4) is 0 Å². The van der Waals surface area contributed by atoms with Crippen molar-refractivity contribution in [2.45, 2.75) is 6.04 Å². The largest absolute Gasteiger partial charge is 0.507 e. The summed E-state index contributed by atoms with van der Waals surface area (Å²) >= 11 is 12.6. The molecule has 0 aromatic heterocycles. The van der Waals surface area contributed by atoms with Gasteiger partial charge in [0.25, 0.3) is 11.7 Å². The van der Waals surface area contributed by atoms with Gasteiger partial charge in [0.1, 0.15) is 24.7 Å². The average Bonchev–Trinajstić information content (AvgIpc) is 3.17. The standard InChI is InChI=1S/C27H21Cl2NO7/c1-34-19-6-4-3-5-16(19)23-22(24(31)14-11-17(28)26(35-2)18(29)12-14)25(32)27(33)30(23)15-7-8-20-21(13-15)37-10-9-36-20/h3-8,11-13,23,31H,9-10H2,1-2H3/b24-22+. The van der Waals surface area contributed by atoms with Crippen LogP contribution in [0.4, 0.5) is 5.69 Å². The van der Waals surface area contributed by atoms with Gasteiger partial charge in [-0.15, -0.1) is 0 Å². The summed E-state index contributed by atoms with van der Waals surface area (Å²) in [4.78, 5) is 28.3. The van der Waals surface area contributed by atoms with E-state index in [2.05, 4.69) is 0 Å². The number of methoxy groups -OCH3 is 2. The lowest BCUT2D eigenvalue weighted by molar-refractivity contribution is -0.132. The third kappa shape index (κ3) is 4.22. The Bertz CT molecular complexity index is 1430. The third-order valence-corrected chi connectivity index (χ3v) is 6.72. The Morgan fingerprint density at radius 2 is 1.62 bits per heavy atom. The van der Waals surface area contributed by atoms with E-state index in [9.17, 15) is 14.7 Å². The van der Waals surface area contributed by atoms with Gasteiger partial charge >= 0.3 is 0 Å². The molecule has 8 nitrogen and oxygen atoms in total. The topological polar surface area (TPSA) is 94.5 Å². The van der Waals surface area contributed by atoms with Crippen LogP contribution >= 0.6 is 23.2 Å². The summed E-state index contributed by atoms with van der Waals surface area (Å²) in [5, 5.41) is 11.7. The highest BCUT2D eigenvalue weighted by Crippen LogP contribution is 2.47. The summed E-state index contributed by atoms with van der Waals surface area (Å²) in [5.74, 6) is -0.542. The number of rotatable bonds is 5. The lowest BCUT2D eigenvalue weighted by atomic mass is 9.94. The molecule has 1 N–H and O–H groups in total. The summed E-state index contributed by atoms with van der Waals surface area (Å²) in [7, 11) is 2.89. The molecule has 0 saturated carbocycles. The number of hydrogen-bond acceptors (Lipinski definition) is 7. The van der Waals surface area contributed by atoms with Crippen molar-refractivity contribution in [1.29, 1.82) is 0 Å². The number of aliphatic hydroxyl groups is 1. The molecule has 0 bridgehead atoms. The predicted molar refractivity (Wildman–Crippen MR) is 138 cm³/mol. The summed E-state index contributed by atoms with van der Waals surface area (Å²) in [5.41, 5.74) is 0.871. The minimum absolute atomic E-state index is 0.131. The first kappa shape index (κ1) is 24.8. The van der Waals surface area contributed by atoms with Crippen LogP contribution in [0, 0.1) is 0 Å². The number of aliphatic hydroxyl groups excluding tert-OH is 1. The highest BCUT2D eigenvalue weighted by Gasteiger charge is 2.48. The number of nitrogens with zero attached hydrogens (tertiary/aromatic N) is 1. The summed E-state index contributed by atoms with van der Waals surface area (Å²) < 4.78 is 22.0. The first-order valence-corrected chi connectivity index (χ1v) is 12.0. The second-order valence-electron chi connectivity index (χ2n) is 8.21. The quantitative estimate of drug-likeness (QED) is 0.262. The average molecular weight is 542 g/mol. The van der Waals surface area contributed by atoms with Crippen molar-refractivity contribution in [1.82, 2.24) is 0 Å². The van der Waals surface area contributed by atoms with Gasteiger partial charge in [0.2, 0.25) is 0 Å². The highest BCUT2D eigenvalue weighted by atomic mass is 35.5. The zero-order valence-electron chi connectivity index (χ0n) is 19.8. The van der Waals surface area contributed by atoms with E-state index < -0.39 is 23.5 Å². The van der Waals surface area contributed by atoms with Gasteiger partial charge in [-0.05, 0) is 30.3 Å². The number of anilines is 1. The van der Waals surface area contributed by atoms with Crippen LogP contribution in [0.25, 0.3) is 5.76 Å². The van der Waals surface area contributed by atoms with Crippen LogP contribution in [0.1, 0.15) is 17.2 Å². The minimum Gasteiger partial charge on any atom is -0.507 e. The van der Waals surface area contributed by atoms with Gasteiger partial charge in [-0.2, -0.15) is 0 Å². The molecule has 2 aliphatic heterocycles. The lowest BCUT2D eigenvalue weighted by Crippen LogP contribution is -2.30. The molecule has 0 radical (unpaired) electrons. The molecule has 2 heterocycles. The fourth-order valence-corrected chi connectivity index (χ4v) is 5.16. The molecule has 0 spiro atoms. The van der Waals surface area contributed by atoms with Crippen molar-refractivity contribution in [3.8, 4) is 23.0 Å². The van der Waals surface area contributed by atoms with Crippen LogP contribution in [0.15, 0.2) is 60.2 Å². The second-order valence-corrected chi connectivity index (χ2v) is 9.03. The molecule has 1 atom stereocenters. The monoisotopic (exact) mass is 541 g/mol. The van der Waals surface area contributed by atoms with E-state index in [1.54, 1.807) is 42.5 Å². The molecule has 3 aromatic carbocycles. The molecule has 1 unspecified atom stereocenters. The van der Waals surface area contributed by atoms with Crippen molar-refractivity contribution in [3.05, 3.63) is 81.3 Å². The van der Waals surface area contributed by atoms with Crippen molar-refractivity contribution in [3.63, 3.8) is 0 Å². The zero-order chi connectivity index (χ0) is 26.3. The van der Waals surface area contributed by atoms with E-state index in [1.165, 1.54) is 31.3 Å². The van der Waals surface area contributed by atoms with Gasteiger partial charge in [0.15, 0.2) is 17.2 Å². The molecule has 37 heavy (non-hydrogen) atoms. The number of fused-ring (bicyclic) bond motifs is 1. The second kappa shape index (κ2) is 9.88. The van der Waals surface area contributed by atoms with Gasteiger partial charge in [-0.3, -0.25) is 14.5 Å². The van der Waals surface area contributed by atoms with Gasteiger partial charge in [-0.1, -0.05) is 41.4 Å². The molecule has 10 heteroatoms. The van der Waals surface area contributed by atoms with Gasteiger partial charge in [0, 0.05) is 22.9 Å². The third-order valence-electron chi connectivity index (χ3n) is 6.16. The Kier molecular flexibility index (Phi) is 6.62.